The van der Waals surface area contributed by atoms with E-state index in [2.05, 4.69) is 20.4 Å². The van der Waals surface area contributed by atoms with Crippen molar-refractivity contribution in [2.24, 2.45) is 5.92 Å². The highest BCUT2D eigenvalue weighted by Crippen LogP contribution is 2.23. The number of benzene rings is 2. The van der Waals surface area contributed by atoms with Crippen molar-refractivity contribution >= 4 is 5.91 Å². The lowest BCUT2D eigenvalue weighted by Gasteiger charge is -2.31. The zero-order valence-corrected chi connectivity index (χ0v) is 18.0. The van der Waals surface area contributed by atoms with Crippen molar-refractivity contribution in [2.75, 3.05) is 19.7 Å². The maximum atomic E-state index is 14.5. The molecule has 168 valence electrons. The Morgan fingerprint density at radius 2 is 1.94 bits per heavy atom. The van der Waals surface area contributed by atoms with E-state index in [1.807, 2.05) is 12.1 Å². The van der Waals surface area contributed by atoms with Crippen LogP contribution in [0.1, 0.15) is 52.1 Å². The summed E-state index contributed by atoms with van der Waals surface area (Å²) < 4.78 is 19.5. The van der Waals surface area contributed by atoms with Crippen LogP contribution in [0.2, 0.25) is 0 Å². The molecule has 1 aliphatic heterocycles. The van der Waals surface area contributed by atoms with Gasteiger partial charge in [-0.25, -0.2) is 4.39 Å². The molecule has 3 aromatic rings. The number of rotatable bonds is 7. The van der Waals surface area contributed by atoms with Gasteiger partial charge in [-0.05, 0) is 55.6 Å². The van der Waals surface area contributed by atoms with Gasteiger partial charge in [0.1, 0.15) is 11.9 Å². The first-order valence-electron chi connectivity index (χ1n) is 10.8. The first-order valence-corrected chi connectivity index (χ1v) is 10.8. The molecule has 1 fully saturated rings. The zero-order chi connectivity index (χ0) is 22.5. The third-order valence-electron chi connectivity index (χ3n) is 5.88. The van der Waals surface area contributed by atoms with Crippen molar-refractivity contribution in [3.63, 3.8) is 0 Å². The molecule has 8 heteroatoms. The highest BCUT2D eigenvalue weighted by Gasteiger charge is 2.25. The molecule has 0 radical (unpaired) electrons. The van der Waals surface area contributed by atoms with E-state index >= 15 is 0 Å². The summed E-state index contributed by atoms with van der Waals surface area (Å²) in [4.78, 5) is 19.5. The number of carbonyl (C=O) groups excluding carboxylic acids is 1. The number of piperidine rings is 1. The number of likely N-dealkylation sites (tertiary alicyclic amines) is 1. The van der Waals surface area contributed by atoms with Gasteiger partial charge in [0, 0.05) is 31.2 Å². The van der Waals surface area contributed by atoms with Crippen LogP contribution in [0.15, 0.2) is 53.1 Å². The normalized spacial score (nSPS) is 16.1. The number of hydrogen-bond donors (Lipinski definition) is 2. The number of aryl methyl sites for hydroxylation is 1. The average molecular weight is 439 g/mol. The number of carbonyl (C=O) groups is 1. The maximum Gasteiger partial charge on any atom is 0.252 e. The maximum absolute atomic E-state index is 14.5. The number of halogens is 1. The highest BCUT2D eigenvalue weighted by molar-refractivity contribution is 5.94. The number of aliphatic hydroxyl groups excluding tert-OH is 1. The van der Waals surface area contributed by atoms with E-state index in [9.17, 15) is 14.3 Å². The molecule has 0 bridgehead atoms. The van der Waals surface area contributed by atoms with Gasteiger partial charge in [-0.3, -0.25) is 9.69 Å². The Morgan fingerprint density at radius 1 is 1.22 bits per heavy atom. The summed E-state index contributed by atoms with van der Waals surface area (Å²) >= 11 is 0. The molecule has 1 unspecified atom stereocenters. The van der Waals surface area contributed by atoms with Crippen LogP contribution in [-0.2, 0) is 6.54 Å². The third-order valence-corrected chi connectivity index (χ3v) is 5.88. The van der Waals surface area contributed by atoms with Crippen LogP contribution in [0.5, 0.6) is 0 Å². The summed E-state index contributed by atoms with van der Waals surface area (Å²) in [6.07, 6.45) is 2.01. The minimum Gasteiger partial charge on any atom is -0.396 e. The second kappa shape index (κ2) is 10.0. The predicted molar refractivity (Wildman–Crippen MR) is 116 cm³/mol. The summed E-state index contributed by atoms with van der Waals surface area (Å²) in [6.45, 7) is 4.63. The molecule has 2 N–H and O–H groups in total. The van der Waals surface area contributed by atoms with Gasteiger partial charge in [0.05, 0.1) is 0 Å². The van der Waals surface area contributed by atoms with E-state index in [1.54, 1.807) is 37.3 Å². The molecule has 2 aromatic carbocycles. The SMILES string of the molecule is Cc1nc(C(NC(=O)c2ccc(CN3CCC(CO)CC3)cc2)c2ccccc2F)no1. The van der Waals surface area contributed by atoms with Gasteiger partial charge in [0.25, 0.3) is 5.91 Å². The van der Waals surface area contributed by atoms with Crippen LogP contribution in [0.25, 0.3) is 0 Å². The molecule has 32 heavy (non-hydrogen) atoms. The number of nitrogens with one attached hydrogen (secondary N) is 1. The summed E-state index contributed by atoms with van der Waals surface area (Å²) in [7, 11) is 0. The molecular formula is C24H27FN4O3. The number of nitrogens with zero attached hydrogens (tertiary/aromatic N) is 3. The van der Waals surface area contributed by atoms with Crippen LogP contribution in [0.4, 0.5) is 4.39 Å². The lowest BCUT2D eigenvalue weighted by Crippen LogP contribution is -2.34. The molecule has 7 nitrogen and oxygen atoms in total. The first-order chi connectivity index (χ1) is 15.5. The Hall–Kier alpha value is -3.10. The molecule has 1 amide bonds. The number of hydrogen-bond acceptors (Lipinski definition) is 6. The van der Waals surface area contributed by atoms with Crippen molar-refractivity contribution < 1.29 is 18.8 Å². The fourth-order valence-electron chi connectivity index (χ4n) is 3.98. The van der Waals surface area contributed by atoms with Crippen LogP contribution in [0.3, 0.4) is 0 Å². The van der Waals surface area contributed by atoms with Gasteiger partial charge in [-0.1, -0.05) is 35.5 Å². The summed E-state index contributed by atoms with van der Waals surface area (Å²) in [5.74, 6) is 0.131. The zero-order valence-electron chi connectivity index (χ0n) is 18.0. The number of aromatic nitrogens is 2. The first kappa shape index (κ1) is 22.1. The Morgan fingerprint density at radius 3 is 2.56 bits per heavy atom. The van der Waals surface area contributed by atoms with Crippen LogP contribution in [0, 0.1) is 18.7 Å². The lowest BCUT2D eigenvalue weighted by molar-refractivity contribution is 0.0940. The molecule has 1 atom stereocenters. The third kappa shape index (κ3) is 5.20. The molecule has 1 aromatic heterocycles. The molecule has 0 saturated carbocycles. The quantitative estimate of drug-likeness (QED) is 0.589. The molecular weight excluding hydrogens is 411 g/mol. The van der Waals surface area contributed by atoms with E-state index < -0.39 is 11.9 Å². The molecule has 2 heterocycles. The second-order valence-electron chi connectivity index (χ2n) is 8.20. The smallest absolute Gasteiger partial charge is 0.252 e. The van der Waals surface area contributed by atoms with Gasteiger partial charge in [0.2, 0.25) is 5.89 Å². The largest absolute Gasteiger partial charge is 0.396 e. The Bertz CT molecular complexity index is 1050. The van der Waals surface area contributed by atoms with Crippen LogP contribution >= 0.6 is 0 Å². The van der Waals surface area contributed by atoms with Crippen molar-refractivity contribution in [1.29, 1.82) is 0 Å². The van der Waals surface area contributed by atoms with Crippen molar-refractivity contribution in [1.82, 2.24) is 20.4 Å². The Labute approximate surface area is 186 Å². The fraction of sp³-hybridized carbons (Fsp3) is 0.375. The summed E-state index contributed by atoms with van der Waals surface area (Å²) in [5, 5.41) is 16.0. The van der Waals surface area contributed by atoms with Gasteiger partial charge < -0.3 is 14.9 Å². The number of aliphatic hydroxyl groups is 1. The minimum atomic E-state index is -0.867. The fourth-order valence-corrected chi connectivity index (χ4v) is 3.98. The molecule has 1 aliphatic rings. The van der Waals surface area contributed by atoms with E-state index in [-0.39, 0.29) is 23.9 Å². The topological polar surface area (TPSA) is 91.5 Å². The van der Waals surface area contributed by atoms with Crippen LogP contribution < -0.4 is 5.32 Å². The van der Waals surface area contributed by atoms with Gasteiger partial charge in [0.15, 0.2) is 5.82 Å². The molecule has 0 aliphatic carbocycles. The highest BCUT2D eigenvalue weighted by atomic mass is 19.1. The average Bonchev–Trinajstić information content (AvgIpc) is 3.25. The molecule has 4 rings (SSSR count). The standard InChI is InChI=1S/C24H27FN4O3/c1-16-26-23(28-32-16)22(20-4-2-3-5-21(20)25)27-24(31)19-8-6-17(7-9-19)14-29-12-10-18(15-30)11-13-29/h2-9,18,22,30H,10-15H2,1H3,(H,27,31). The Kier molecular flexibility index (Phi) is 6.92. The lowest BCUT2D eigenvalue weighted by atomic mass is 9.97. The van der Waals surface area contributed by atoms with Crippen molar-refractivity contribution in [3.05, 3.63) is 82.8 Å². The molecule has 1 saturated heterocycles. The van der Waals surface area contributed by atoms with Crippen LogP contribution in [-0.4, -0.2) is 45.8 Å². The summed E-state index contributed by atoms with van der Waals surface area (Å²) in [6, 6.07) is 12.7. The van der Waals surface area contributed by atoms with Gasteiger partial charge >= 0.3 is 0 Å². The number of amides is 1. The predicted octanol–water partition coefficient (Wildman–Crippen LogP) is 3.24. The second-order valence-corrected chi connectivity index (χ2v) is 8.20. The molecule has 0 spiro atoms. The Balaban J connectivity index is 1.45. The van der Waals surface area contributed by atoms with Gasteiger partial charge in [-0.15, -0.1) is 0 Å². The summed E-state index contributed by atoms with van der Waals surface area (Å²) in [5.41, 5.74) is 1.85. The van der Waals surface area contributed by atoms with E-state index in [4.69, 9.17) is 4.52 Å². The van der Waals surface area contributed by atoms with Crippen molar-refractivity contribution in [2.45, 2.75) is 32.4 Å². The minimum absolute atomic E-state index is 0.198. The van der Waals surface area contributed by atoms with E-state index in [0.717, 1.165) is 38.0 Å². The van der Waals surface area contributed by atoms with Crippen molar-refractivity contribution in [3.8, 4) is 0 Å². The van der Waals surface area contributed by atoms with Gasteiger partial charge in [-0.2, -0.15) is 4.98 Å². The van der Waals surface area contributed by atoms with E-state index in [1.165, 1.54) is 6.07 Å². The van der Waals surface area contributed by atoms with E-state index in [0.29, 0.717) is 17.4 Å². The monoisotopic (exact) mass is 438 g/mol.